The molecule has 0 amide bonds. The smallest absolute Gasteiger partial charge is 0.124 e. The van der Waals surface area contributed by atoms with Gasteiger partial charge in [0.2, 0.25) is 0 Å². The van der Waals surface area contributed by atoms with E-state index in [-0.39, 0.29) is 11.9 Å². The number of hydrogen-bond donors (Lipinski definition) is 0. The van der Waals surface area contributed by atoms with Gasteiger partial charge in [0, 0.05) is 31.7 Å². The van der Waals surface area contributed by atoms with Crippen LogP contribution in [-0.2, 0) is 24.6 Å². The van der Waals surface area contributed by atoms with Crippen LogP contribution in [0.2, 0.25) is 5.02 Å². The molecule has 0 saturated carbocycles. The van der Waals surface area contributed by atoms with Gasteiger partial charge in [0.15, 0.2) is 0 Å². The standard InChI is InChI=1S/C25H25ClFN3O/c1-5-21-19(12-16-6-9-18(27)10-7-16)24(26)20-13-17(8-11-22(20)29-21)25(31-4)23-14-28-15(2)30(23)3/h6-11,13-14,25H,5,12H2,1-4H3. The molecule has 31 heavy (non-hydrogen) atoms. The summed E-state index contributed by atoms with van der Waals surface area (Å²) in [4.78, 5) is 9.27. The Bertz CT molecular complexity index is 1230. The molecule has 6 heteroatoms. The molecule has 0 N–H and O–H groups in total. The van der Waals surface area contributed by atoms with Crippen molar-refractivity contribution in [3.05, 3.63) is 93.4 Å². The molecule has 0 radical (unpaired) electrons. The van der Waals surface area contributed by atoms with E-state index in [2.05, 4.69) is 18.0 Å². The van der Waals surface area contributed by atoms with Crippen molar-refractivity contribution < 1.29 is 9.13 Å². The van der Waals surface area contributed by atoms with Crippen molar-refractivity contribution in [2.75, 3.05) is 7.11 Å². The molecule has 1 atom stereocenters. The van der Waals surface area contributed by atoms with Gasteiger partial charge in [-0.05, 0) is 54.3 Å². The van der Waals surface area contributed by atoms with Gasteiger partial charge in [-0.1, -0.05) is 36.7 Å². The lowest BCUT2D eigenvalue weighted by atomic mass is 9.98. The van der Waals surface area contributed by atoms with E-state index in [1.807, 2.05) is 36.9 Å². The maximum absolute atomic E-state index is 13.3. The lowest BCUT2D eigenvalue weighted by Gasteiger charge is -2.19. The zero-order valence-electron chi connectivity index (χ0n) is 18.1. The highest BCUT2D eigenvalue weighted by atomic mass is 35.5. The van der Waals surface area contributed by atoms with Crippen LogP contribution in [-0.4, -0.2) is 21.6 Å². The lowest BCUT2D eigenvalue weighted by Crippen LogP contribution is -2.09. The number of aromatic nitrogens is 3. The first-order valence-electron chi connectivity index (χ1n) is 10.3. The second-order valence-electron chi connectivity index (χ2n) is 7.69. The third-order valence-corrected chi connectivity index (χ3v) is 6.25. The van der Waals surface area contributed by atoms with E-state index >= 15 is 0 Å². The molecular weight excluding hydrogens is 413 g/mol. The fourth-order valence-electron chi connectivity index (χ4n) is 3.96. The Balaban J connectivity index is 1.82. The van der Waals surface area contributed by atoms with Crippen LogP contribution in [0, 0.1) is 12.7 Å². The second kappa shape index (κ2) is 8.77. The van der Waals surface area contributed by atoms with Crippen LogP contribution in [0.5, 0.6) is 0 Å². The SMILES string of the molecule is CCc1nc2ccc(C(OC)c3cnc(C)n3C)cc2c(Cl)c1Cc1ccc(F)cc1. The first kappa shape index (κ1) is 21.5. The summed E-state index contributed by atoms with van der Waals surface area (Å²) in [5, 5.41) is 1.57. The number of halogens is 2. The largest absolute Gasteiger partial charge is 0.370 e. The van der Waals surface area contributed by atoms with Gasteiger partial charge in [0.25, 0.3) is 0 Å². The Morgan fingerprint density at radius 2 is 1.90 bits per heavy atom. The summed E-state index contributed by atoms with van der Waals surface area (Å²) in [6, 6.07) is 12.6. The predicted molar refractivity (Wildman–Crippen MR) is 122 cm³/mol. The molecule has 160 valence electrons. The number of fused-ring (bicyclic) bond motifs is 1. The van der Waals surface area contributed by atoms with Gasteiger partial charge >= 0.3 is 0 Å². The summed E-state index contributed by atoms with van der Waals surface area (Å²) in [5.41, 5.74) is 5.74. The number of imidazole rings is 1. The van der Waals surface area contributed by atoms with Crippen molar-refractivity contribution in [1.29, 1.82) is 0 Å². The summed E-state index contributed by atoms with van der Waals surface area (Å²) >= 11 is 6.94. The van der Waals surface area contributed by atoms with E-state index in [1.54, 1.807) is 19.2 Å². The number of nitrogens with zero attached hydrogens (tertiary/aromatic N) is 3. The molecule has 4 rings (SSSR count). The van der Waals surface area contributed by atoms with Crippen LogP contribution in [0.25, 0.3) is 10.9 Å². The van der Waals surface area contributed by atoms with Crippen LogP contribution in [0.3, 0.4) is 0 Å². The predicted octanol–water partition coefficient (Wildman–Crippen LogP) is 5.96. The molecule has 2 aromatic carbocycles. The maximum atomic E-state index is 13.3. The van der Waals surface area contributed by atoms with E-state index in [1.165, 1.54) is 12.1 Å². The van der Waals surface area contributed by atoms with Gasteiger partial charge in [0.05, 0.1) is 22.4 Å². The van der Waals surface area contributed by atoms with Gasteiger partial charge in [-0.3, -0.25) is 4.98 Å². The highest BCUT2D eigenvalue weighted by Crippen LogP contribution is 2.34. The minimum Gasteiger partial charge on any atom is -0.370 e. The molecule has 0 aliphatic heterocycles. The van der Waals surface area contributed by atoms with Gasteiger partial charge < -0.3 is 9.30 Å². The van der Waals surface area contributed by atoms with Crippen molar-refractivity contribution >= 4 is 22.5 Å². The van der Waals surface area contributed by atoms with Crippen LogP contribution < -0.4 is 0 Å². The number of ether oxygens (including phenoxy) is 1. The Labute approximate surface area is 186 Å². The number of hydrogen-bond acceptors (Lipinski definition) is 3. The number of rotatable bonds is 6. The zero-order valence-corrected chi connectivity index (χ0v) is 18.9. The number of pyridine rings is 1. The summed E-state index contributed by atoms with van der Waals surface area (Å²) in [7, 11) is 3.67. The third-order valence-electron chi connectivity index (χ3n) is 5.82. The van der Waals surface area contributed by atoms with Gasteiger partial charge in [0.1, 0.15) is 17.7 Å². The minimum absolute atomic E-state index is 0.247. The van der Waals surface area contributed by atoms with Crippen molar-refractivity contribution in [2.45, 2.75) is 32.8 Å². The molecule has 0 aliphatic carbocycles. The zero-order chi connectivity index (χ0) is 22.1. The average Bonchev–Trinajstić information content (AvgIpc) is 3.10. The van der Waals surface area contributed by atoms with Crippen LogP contribution >= 0.6 is 11.6 Å². The Morgan fingerprint density at radius 3 is 2.52 bits per heavy atom. The van der Waals surface area contributed by atoms with Gasteiger partial charge in [-0.2, -0.15) is 0 Å². The number of aryl methyl sites for hydroxylation is 2. The average molecular weight is 438 g/mol. The summed E-state index contributed by atoms with van der Waals surface area (Å²) in [6.07, 6.45) is 2.94. The summed E-state index contributed by atoms with van der Waals surface area (Å²) in [5.74, 6) is 0.676. The van der Waals surface area contributed by atoms with E-state index < -0.39 is 0 Å². The van der Waals surface area contributed by atoms with Crippen molar-refractivity contribution in [1.82, 2.24) is 14.5 Å². The van der Waals surface area contributed by atoms with Gasteiger partial charge in [-0.15, -0.1) is 0 Å². The van der Waals surface area contributed by atoms with Crippen molar-refractivity contribution in [3.63, 3.8) is 0 Å². The molecular formula is C25H25ClFN3O. The molecule has 2 heterocycles. The first-order valence-corrected chi connectivity index (χ1v) is 10.7. The Kier molecular flexibility index (Phi) is 6.08. The maximum Gasteiger partial charge on any atom is 0.124 e. The first-order chi connectivity index (χ1) is 14.9. The summed E-state index contributed by atoms with van der Waals surface area (Å²) in [6.45, 7) is 4.03. The number of methoxy groups -OCH3 is 1. The minimum atomic E-state index is -0.266. The van der Waals surface area contributed by atoms with Crippen molar-refractivity contribution in [3.8, 4) is 0 Å². The quantitative estimate of drug-likeness (QED) is 0.373. The third kappa shape index (κ3) is 4.08. The topological polar surface area (TPSA) is 39.9 Å². The molecule has 4 aromatic rings. The molecule has 0 saturated heterocycles. The molecule has 2 aromatic heterocycles. The molecule has 0 bridgehead atoms. The van der Waals surface area contributed by atoms with E-state index in [4.69, 9.17) is 21.3 Å². The normalized spacial score (nSPS) is 12.5. The fourth-order valence-corrected chi connectivity index (χ4v) is 4.29. The molecule has 0 spiro atoms. The van der Waals surface area contributed by atoms with E-state index in [0.717, 1.165) is 51.2 Å². The van der Waals surface area contributed by atoms with Crippen LogP contribution in [0.1, 0.15) is 46.9 Å². The molecule has 4 nitrogen and oxygen atoms in total. The molecule has 1 unspecified atom stereocenters. The number of benzene rings is 2. The second-order valence-corrected chi connectivity index (χ2v) is 8.07. The fraction of sp³-hybridized carbons (Fsp3) is 0.280. The molecule has 0 fully saturated rings. The van der Waals surface area contributed by atoms with Crippen LogP contribution in [0.4, 0.5) is 4.39 Å². The van der Waals surface area contributed by atoms with Crippen LogP contribution in [0.15, 0.2) is 48.7 Å². The molecule has 0 aliphatic rings. The Morgan fingerprint density at radius 1 is 1.16 bits per heavy atom. The highest BCUT2D eigenvalue weighted by Gasteiger charge is 2.20. The highest BCUT2D eigenvalue weighted by molar-refractivity contribution is 6.36. The van der Waals surface area contributed by atoms with Gasteiger partial charge in [-0.25, -0.2) is 9.37 Å². The lowest BCUT2D eigenvalue weighted by molar-refractivity contribution is 0.130. The van der Waals surface area contributed by atoms with Crippen molar-refractivity contribution in [2.24, 2.45) is 7.05 Å². The van der Waals surface area contributed by atoms with E-state index in [0.29, 0.717) is 11.4 Å². The Hall–Kier alpha value is -2.76. The summed E-state index contributed by atoms with van der Waals surface area (Å²) < 4.78 is 21.2. The monoisotopic (exact) mass is 437 g/mol. The van der Waals surface area contributed by atoms with E-state index in [9.17, 15) is 4.39 Å².